The highest BCUT2D eigenvalue weighted by molar-refractivity contribution is 6.28. The average molecular weight is 995 g/mol. The Hall–Kier alpha value is -4.20. The molecule has 4 aromatic rings. The third-order valence-electron chi connectivity index (χ3n) is 15.2. The van der Waals surface area contributed by atoms with E-state index in [4.69, 9.17) is 18.9 Å². The highest BCUT2D eigenvalue weighted by atomic mass is 16.6. The van der Waals surface area contributed by atoms with Crippen molar-refractivity contribution in [3.05, 3.63) is 36.4 Å². The zero-order chi connectivity index (χ0) is 52.1. The van der Waals surface area contributed by atoms with Crippen LogP contribution in [0, 0.1) is 23.7 Å². The molecule has 8 nitrogen and oxygen atoms in total. The van der Waals surface area contributed by atoms with Gasteiger partial charge < -0.3 is 18.9 Å². The lowest BCUT2D eigenvalue weighted by molar-refractivity contribution is -0.140. The van der Waals surface area contributed by atoms with Crippen LogP contribution in [-0.4, -0.2) is 23.9 Å². The maximum Gasteiger partial charge on any atom is 0.314 e. The zero-order valence-corrected chi connectivity index (χ0v) is 46.7. The summed E-state index contributed by atoms with van der Waals surface area (Å²) in [6.45, 7) is 17.4. The summed E-state index contributed by atoms with van der Waals surface area (Å²) in [7, 11) is 0. The van der Waals surface area contributed by atoms with Gasteiger partial charge in [0.1, 0.15) is 23.0 Å². The number of hydrogen-bond donors (Lipinski definition) is 0. The monoisotopic (exact) mass is 995 g/mol. The van der Waals surface area contributed by atoms with Crippen LogP contribution in [0.5, 0.6) is 23.0 Å². The molecule has 0 atom stereocenters. The predicted octanol–water partition coefficient (Wildman–Crippen LogP) is 19.3. The molecule has 0 aliphatic heterocycles. The Kier molecular flexibility index (Phi) is 28.8. The summed E-state index contributed by atoms with van der Waals surface area (Å²) in [5.41, 5.74) is 0. The fraction of sp³-hybridized carbons (Fsp3) is 0.688. The van der Waals surface area contributed by atoms with Crippen molar-refractivity contribution in [1.82, 2.24) is 0 Å². The molecule has 0 N–H and O–H groups in total. The number of unbranched alkanes of at least 4 members (excludes halogenated alkanes) is 16. The first-order valence-corrected chi connectivity index (χ1v) is 29.8. The summed E-state index contributed by atoms with van der Waals surface area (Å²) >= 11 is 0. The maximum absolute atomic E-state index is 14.5. The maximum atomic E-state index is 14.5. The van der Waals surface area contributed by atoms with Crippen molar-refractivity contribution in [3.63, 3.8) is 0 Å². The van der Waals surface area contributed by atoms with E-state index in [-0.39, 0.29) is 47.5 Å². The molecule has 0 saturated heterocycles. The van der Waals surface area contributed by atoms with Gasteiger partial charge in [-0.05, 0) is 75.6 Å². The predicted molar refractivity (Wildman–Crippen MR) is 300 cm³/mol. The highest BCUT2D eigenvalue weighted by Crippen LogP contribution is 2.49. The van der Waals surface area contributed by atoms with Crippen LogP contribution in [-0.2, 0) is 19.2 Å². The minimum atomic E-state index is -0.273. The smallest absolute Gasteiger partial charge is 0.314 e. The summed E-state index contributed by atoms with van der Waals surface area (Å²) in [4.78, 5) is 58.0. The van der Waals surface area contributed by atoms with Gasteiger partial charge in [0.05, 0.1) is 23.7 Å². The van der Waals surface area contributed by atoms with Crippen LogP contribution in [0.4, 0.5) is 0 Å². The van der Waals surface area contributed by atoms with Gasteiger partial charge in [-0.2, -0.15) is 0 Å². The number of carbonyl (C=O) groups is 4. The second kappa shape index (κ2) is 34.3. The van der Waals surface area contributed by atoms with Crippen molar-refractivity contribution in [2.45, 2.75) is 261 Å². The molecule has 8 heteroatoms. The van der Waals surface area contributed by atoms with E-state index in [1.807, 2.05) is 24.3 Å². The van der Waals surface area contributed by atoms with Crippen molar-refractivity contribution >= 4 is 56.2 Å². The van der Waals surface area contributed by atoms with E-state index in [2.05, 4.69) is 55.4 Å². The van der Waals surface area contributed by atoms with Gasteiger partial charge in [-0.15, -0.1) is 0 Å². The van der Waals surface area contributed by atoms with Gasteiger partial charge in [0.25, 0.3) is 0 Å². The molecular formula is C64H98O8. The summed E-state index contributed by atoms with van der Waals surface area (Å²) in [5, 5.41) is 4.12. The number of rotatable bonds is 40. The van der Waals surface area contributed by atoms with Crippen molar-refractivity contribution < 1.29 is 38.1 Å². The Labute approximate surface area is 436 Å². The topological polar surface area (TPSA) is 105 Å². The second-order valence-corrected chi connectivity index (χ2v) is 21.3. The van der Waals surface area contributed by atoms with Gasteiger partial charge in [0.2, 0.25) is 0 Å². The van der Waals surface area contributed by atoms with Crippen LogP contribution < -0.4 is 18.9 Å². The third kappa shape index (κ3) is 18.6. The molecule has 0 bridgehead atoms. The Bertz CT molecular complexity index is 1850. The molecule has 0 heterocycles. The summed E-state index contributed by atoms with van der Waals surface area (Å²) in [5.74, 6) is -0.850. The normalized spacial score (nSPS) is 11.9. The molecule has 0 aliphatic rings. The van der Waals surface area contributed by atoms with Crippen molar-refractivity contribution in [2.75, 3.05) is 0 Å². The lowest BCUT2D eigenvalue weighted by Crippen LogP contribution is -2.22. The second-order valence-electron chi connectivity index (χ2n) is 21.3. The van der Waals surface area contributed by atoms with Crippen LogP contribution in [0.15, 0.2) is 36.4 Å². The largest absolute Gasteiger partial charge is 0.426 e. The van der Waals surface area contributed by atoms with Gasteiger partial charge in [-0.1, -0.05) is 209 Å². The van der Waals surface area contributed by atoms with E-state index in [1.165, 1.54) is 0 Å². The van der Waals surface area contributed by atoms with E-state index in [1.54, 1.807) is 12.1 Å². The molecule has 0 saturated carbocycles. The van der Waals surface area contributed by atoms with Gasteiger partial charge in [-0.3, -0.25) is 19.2 Å². The van der Waals surface area contributed by atoms with E-state index >= 15 is 0 Å². The fourth-order valence-electron chi connectivity index (χ4n) is 10.6. The highest BCUT2D eigenvalue weighted by Gasteiger charge is 2.30. The van der Waals surface area contributed by atoms with E-state index in [9.17, 15) is 19.2 Å². The zero-order valence-electron chi connectivity index (χ0n) is 46.7. The van der Waals surface area contributed by atoms with Crippen LogP contribution in [0.25, 0.3) is 32.3 Å². The average Bonchev–Trinajstić information content (AvgIpc) is 3.37. The van der Waals surface area contributed by atoms with Crippen LogP contribution in [0.3, 0.4) is 0 Å². The van der Waals surface area contributed by atoms with Crippen molar-refractivity contribution in [1.29, 1.82) is 0 Å². The first-order chi connectivity index (χ1) is 35.1. The van der Waals surface area contributed by atoms with Gasteiger partial charge >= 0.3 is 23.9 Å². The quantitative estimate of drug-likeness (QED) is 0.0188. The molecule has 0 aromatic heterocycles. The van der Waals surface area contributed by atoms with Gasteiger partial charge in [0, 0.05) is 44.5 Å². The van der Waals surface area contributed by atoms with Crippen molar-refractivity contribution in [3.8, 4) is 23.0 Å². The minimum Gasteiger partial charge on any atom is -0.426 e. The molecule has 402 valence electrons. The third-order valence-corrected chi connectivity index (χ3v) is 15.2. The summed E-state index contributed by atoms with van der Waals surface area (Å²) < 4.78 is 26.3. The number of carbonyl (C=O) groups excluding carboxylic acids is 4. The van der Waals surface area contributed by atoms with Gasteiger partial charge in [0.15, 0.2) is 0 Å². The molecule has 0 radical (unpaired) electrons. The summed E-state index contributed by atoms with van der Waals surface area (Å²) in [6, 6.07) is 11.3. The molecule has 0 unspecified atom stereocenters. The van der Waals surface area contributed by atoms with Crippen LogP contribution in [0.1, 0.15) is 261 Å². The number of benzene rings is 4. The van der Waals surface area contributed by atoms with E-state index < -0.39 is 0 Å². The number of esters is 4. The Morgan fingerprint density at radius 1 is 0.292 bits per heavy atom. The molecule has 4 rings (SSSR count). The fourth-order valence-corrected chi connectivity index (χ4v) is 10.6. The lowest BCUT2D eigenvalue weighted by Gasteiger charge is -2.23. The molecule has 0 spiro atoms. The summed E-state index contributed by atoms with van der Waals surface area (Å²) in [6.07, 6.45) is 30.4. The van der Waals surface area contributed by atoms with Crippen LogP contribution >= 0.6 is 0 Å². The molecule has 4 aromatic carbocycles. The van der Waals surface area contributed by atoms with E-state index in [0.717, 1.165) is 205 Å². The van der Waals surface area contributed by atoms with E-state index in [0.29, 0.717) is 55.3 Å². The van der Waals surface area contributed by atoms with Gasteiger partial charge in [-0.25, -0.2) is 0 Å². The van der Waals surface area contributed by atoms with Crippen molar-refractivity contribution in [2.24, 2.45) is 23.7 Å². The molecule has 0 aliphatic carbocycles. The van der Waals surface area contributed by atoms with Crippen LogP contribution in [0.2, 0.25) is 0 Å². The molecule has 72 heavy (non-hydrogen) atoms. The lowest BCUT2D eigenvalue weighted by atomic mass is 9.91. The Morgan fingerprint density at radius 2 is 0.458 bits per heavy atom. The molecular weight excluding hydrogens is 897 g/mol. The SMILES string of the molecule is CCCCCC(CCCCC)C(=O)Oc1cc(OC(=O)C(CCCCC)CCCCC)c2ccc3c(OC(=O)C(CCCCC)CCCCC)cc(OC(=O)C(CCCCC)CCCCC)c4ccc1c2c43. The standard InChI is InChI=1S/C64H98O8/c1-9-17-25-33-47(34-26-18-10-2)61(65)69-55-45-56(70-62(66)48(35-27-19-11-3)36-28-20-12-4)52-43-44-54-58(72-64(68)50(39-31-23-15-7)40-32-24-16-8)46-57(53-42-41-51(55)59(52)60(53)54)71-63(67)49(37-29-21-13-5)38-30-22-14-6/h41-50H,9-40H2,1-8H3. The Morgan fingerprint density at radius 3 is 0.611 bits per heavy atom. The number of hydrogen-bond acceptors (Lipinski definition) is 8. The first kappa shape index (κ1) is 60.4. The number of ether oxygens (including phenoxy) is 4. The Balaban J connectivity index is 2.02. The minimum absolute atomic E-state index is 0.267. The first-order valence-electron chi connectivity index (χ1n) is 29.8. The molecule has 0 amide bonds. The molecule has 0 fully saturated rings.